The summed E-state index contributed by atoms with van der Waals surface area (Å²) in [7, 11) is 2.00. The highest BCUT2D eigenvalue weighted by molar-refractivity contribution is 5.49. The van der Waals surface area contributed by atoms with Crippen LogP contribution in [0.1, 0.15) is 43.9 Å². The molecule has 0 aliphatic heterocycles. The Labute approximate surface area is 127 Å². The molecule has 0 saturated carbocycles. The smallest absolute Gasteiger partial charge is 0.0451 e. The molecule has 3 N–H and O–H groups in total. The van der Waals surface area contributed by atoms with Gasteiger partial charge in [-0.05, 0) is 31.5 Å². The summed E-state index contributed by atoms with van der Waals surface area (Å²) in [4.78, 5) is 4.27. The van der Waals surface area contributed by atoms with Crippen molar-refractivity contribution in [3.05, 3.63) is 59.9 Å². The van der Waals surface area contributed by atoms with Gasteiger partial charge in [-0.1, -0.05) is 44.2 Å². The summed E-state index contributed by atoms with van der Waals surface area (Å²) >= 11 is 0. The maximum Gasteiger partial charge on any atom is 0.0451 e. The predicted octanol–water partition coefficient (Wildman–Crippen LogP) is 3.68. The summed E-state index contributed by atoms with van der Waals surface area (Å²) in [6, 6.07) is 12.7. The second kappa shape index (κ2) is 6.72. The van der Waals surface area contributed by atoms with Gasteiger partial charge in [-0.2, -0.15) is 0 Å². The SMILES string of the molecule is CCC(CC)(c1ccccc1)C(NC)c1cnccc1N. The lowest BCUT2D eigenvalue weighted by molar-refractivity contribution is 0.287. The van der Waals surface area contributed by atoms with Gasteiger partial charge in [-0.3, -0.25) is 4.98 Å². The molecule has 0 saturated heterocycles. The van der Waals surface area contributed by atoms with E-state index in [0.717, 1.165) is 24.1 Å². The molecule has 0 radical (unpaired) electrons. The van der Waals surface area contributed by atoms with E-state index in [1.807, 2.05) is 19.3 Å². The number of likely N-dealkylation sites (N-methyl/N-ethyl adjacent to an activating group) is 1. The molecule has 0 aliphatic carbocycles. The number of nitrogens with zero attached hydrogens (tertiary/aromatic N) is 1. The van der Waals surface area contributed by atoms with Crippen molar-refractivity contribution in [2.24, 2.45) is 0 Å². The van der Waals surface area contributed by atoms with E-state index < -0.39 is 0 Å². The molecule has 3 nitrogen and oxygen atoms in total. The van der Waals surface area contributed by atoms with Crippen molar-refractivity contribution < 1.29 is 0 Å². The molecule has 1 aromatic carbocycles. The zero-order valence-corrected chi connectivity index (χ0v) is 13.1. The van der Waals surface area contributed by atoms with E-state index in [1.165, 1.54) is 5.56 Å². The third-order valence-corrected chi connectivity index (χ3v) is 4.65. The second-order valence-corrected chi connectivity index (χ2v) is 5.46. The molecule has 1 heterocycles. The fourth-order valence-corrected chi connectivity index (χ4v) is 3.39. The molecule has 1 aromatic heterocycles. The molecule has 1 atom stereocenters. The van der Waals surface area contributed by atoms with Crippen LogP contribution in [-0.2, 0) is 5.41 Å². The molecule has 112 valence electrons. The average molecular weight is 283 g/mol. The Bertz CT molecular complexity index is 562. The van der Waals surface area contributed by atoms with Crippen molar-refractivity contribution in [1.82, 2.24) is 10.3 Å². The summed E-state index contributed by atoms with van der Waals surface area (Å²) in [6.07, 6.45) is 5.70. The summed E-state index contributed by atoms with van der Waals surface area (Å²) in [5, 5.41) is 3.48. The van der Waals surface area contributed by atoms with Crippen LogP contribution in [0.3, 0.4) is 0 Å². The summed E-state index contributed by atoms with van der Waals surface area (Å²) in [6.45, 7) is 4.49. The highest BCUT2D eigenvalue weighted by Crippen LogP contribution is 2.44. The second-order valence-electron chi connectivity index (χ2n) is 5.46. The highest BCUT2D eigenvalue weighted by atomic mass is 14.9. The standard InChI is InChI=1S/C18H25N3/c1-4-18(5-2,14-9-7-6-8-10-14)17(20-3)15-13-21-12-11-16(15)19/h6-13,17,20H,4-5H2,1-3H3,(H2,19,21). The number of nitrogens with one attached hydrogen (secondary N) is 1. The minimum Gasteiger partial charge on any atom is -0.398 e. The first-order chi connectivity index (χ1) is 10.2. The number of hydrogen-bond acceptors (Lipinski definition) is 3. The lowest BCUT2D eigenvalue weighted by atomic mass is 9.68. The van der Waals surface area contributed by atoms with Crippen molar-refractivity contribution in [1.29, 1.82) is 0 Å². The van der Waals surface area contributed by atoms with Gasteiger partial charge in [0, 0.05) is 35.1 Å². The van der Waals surface area contributed by atoms with Crippen LogP contribution >= 0.6 is 0 Å². The minimum atomic E-state index is 0.00711. The van der Waals surface area contributed by atoms with E-state index in [4.69, 9.17) is 5.73 Å². The van der Waals surface area contributed by atoms with Gasteiger partial charge in [0.25, 0.3) is 0 Å². The van der Waals surface area contributed by atoms with Gasteiger partial charge in [0.15, 0.2) is 0 Å². The quantitative estimate of drug-likeness (QED) is 0.850. The van der Waals surface area contributed by atoms with Crippen LogP contribution < -0.4 is 11.1 Å². The van der Waals surface area contributed by atoms with E-state index in [1.54, 1.807) is 6.20 Å². The molecule has 0 spiro atoms. The zero-order chi connectivity index (χ0) is 15.3. The van der Waals surface area contributed by atoms with E-state index >= 15 is 0 Å². The minimum absolute atomic E-state index is 0.00711. The molecule has 0 bridgehead atoms. The van der Waals surface area contributed by atoms with Crippen LogP contribution in [0.4, 0.5) is 5.69 Å². The van der Waals surface area contributed by atoms with Crippen LogP contribution in [0, 0.1) is 0 Å². The van der Waals surface area contributed by atoms with Gasteiger partial charge in [0.2, 0.25) is 0 Å². The topological polar surface area (TPSA) is 50.9 Å². The van der Waals surface area contributed by atoms with Crippen molar-refractivity contribution in [2.45, 2.75) is 38.1 Å². The Hall–Kier alpha value is -1.87. The molecule has 2 aromatic rings. The maximum atomic E-state index is 6.20. The molecule has 0 fully saturated rings. The first-order valence-corrected chi connectivity index (χ1v) is 7.61. The van der Waals surface area contributed by atoms with Gasteiger partial charge in [0.1, 0.15) is 0 Å². The van der Waals surface area contributed by atoms with E-state index in [-0.39, 0.29) is 11.5 Å². The molecular formula is C18H25N3. The number of rotatable bonds is 6. The number of hydrogen-bond donors (Lipinski definition) is 2. The van der Waals surface area contributed by atoms with Crippen molar-refractivity contribution in [3.8, 4) is 0 Å². The third kappa shape index (κ3) is 2.79. The number of nitrogen functional groups attached to an aromatic ring is 1. The first kappa shape index (κ1) is 15.5. The molecule has 3 heteroatoms. The average Bonchev–Trinajstić information content (AvgIpc) is 2.55. The van der Waals surface area contributed by atoms with Crippen molar-refractivity contribution >= 4 is 5.69 Å². The number of benzene rings is 1. The van der Waals surface area contributed by atoms with E-state index in [2.05, 4.69) is 54.5 Å². The van der Waals surface area contributed by atoms with Gasteiger partial charge in [0.05, 0.1) is 0 Å². The molecule has 2 rings (SSSR count). The van der Waals surface area contributed by atoms with E-state index in [9.17, 15) is 0 Å². The van der Waals surface area contributed by atoms with Gasteiger partial charge >= 0.3 is 0 Å². The molecular weight excluding hydrogens is 258 g/mol. The van der Waals surface area contributed by atoms with E-state index in [0.29, 0.717) is 0 Å². The Morgan fingerprint density at radius 2 is 1.81 bits per heavy atom. The maximum absolute atomic E-state index is 6.20. The Balaban J connectivity index is 2.57. The van der Waals surface area contributed by atoms with Gasteiger partial charge in [-0.25, -0.2) is 0 Å². The van der Waals surface area contributed by atoms with Gasteiger partial charge < -0.3 is 11.1 Å². The fourth-order valence-electron chi connectivity index (χ4n) is 3.39. The third-order valence-electron chi connectivity index (χ3n) is 4.65. The zero-order valence-electron chi connectivity index (χ0n) is 13.1. The lowest BCUT2D eigenvalue weighted by Crippen LogP contribution is -2.40. The van der Waals surface area contributed by atoms with Gasteiger partial charge in [-0.15, -0.1) is 0 Å². The molecule has 1 unspecified atom stereocenters. The predicted molar refractivity (Wildman–Crippen MR) is 89.2 cm³/mol. The Morgan fingerprint density at radius 1 is 1.14 bits per heavy atom. The summed E-state index contributed by atoms with van der Waals surface area (Å²) in [5.41, 5.74) is 9.43. The number of anilines is 1. The summed E-state index contributed by atoms with van der Waals surface area (Å²) in [5.74, 6) is 0. The van der Waals surface area contributed by atoms with Crippen LogP contribution in [0.2, 0.25) is 0 Å². The number of nitrogens with two attached hydrogens (primary N) is 1. The highest BCUT2D eigenvalue weighted by Gasteiger charge is 2.38. The van der Waals surface area contributed by atoms with Crippen LogP contribution in [0.25, 0.3) is 0 Å². The monoisotopic (exact) mass is 283 g/mol. The number of pyridine rings is 1. The van der Waals surface area contributed by atoms with Crippen LogP contribution in [0.15, 0.2) is 48.8 Å². The summed E-state index contributed by atoms with van der Waals surface area (Å²) < 4.78 is 0. The van der Waals surface area contributed by atoms with Crippen LogP contribution in [-0.4, -0.2) is 12.0 Å². The fraction of sp³-hybridized carbons (Fsp3) is 0.389. The van der Waals surface area contributed by atoms with Crippen molar-refractivity contribution in [3.63, 3.8) is 0 Å². The lowest BCUT2D eigenvalue weighted by Gasteiger charge is -2.41. The molecule has 0 amide bonds. The Kier molecular flexibility index (Phi) is 4.97. The Morgan fingerprint density at radius 3 is 2.33 bits per heavy atom. The van der Waals surface area contributed by atoms with Crippen molar-refractivity contribution in [2.75, 3.05) is 12.8 Å². The molecule has 0 aliphatic rings. The number of aromatic nitrogens is 1. The largest absolute Gasteiger partial charge is 0.398 e. The molecule has 21 heavy (non-hydrogen) atoms. The first-order valence-electron chi connectivity index (χ1n) is 7.61. The van der Waals surface area contributed by atoms with Crippen LogP contribution in [0.5, 0.6) is 0 Å². The normalized spacial score (nSPS) is 13.1.